The molecule has 0 saturated carbocycles. The van der Waals surface area contributed by atoms with Gasteiger partial charge in [-0.2, -0.15) is 0 Å². The van der Waals surface area contributed by atoms with Gasteiger partial charge in [-0.3, -0.25) is 9.69 Å². The molecule has 7 heteroatoms. The number of halogens is 1. The van der Waals surface area contributed by atoms with Gasteiger partial charge in [-0.05, 0) is 37.1 Å². The highest BCUT2D eigenvalue weighted by atomic mass is 35.5. The van der Waals surface area contributed by atoms with Crippen LogP contribution in [0, 0.1) is 6.92 Å². The zero-order chi connectivity index (χ0) is 20.3. The molecule has 1 N–H and O–H groups in total. The standard InChI is InChI=1S/C21H21ClN2O4/c1-4-28-19-10-15(16(22)11-18(19)27-3)9-17-20(25)24(21(26)23-17)12-14-7-5-13(2)6-8-14/h5-11H,4,12H2,1-3H3,(H,23,26)/b17-9+. The van der Waals surface area contributed by atoms with Crippen molar-refractivity contribution in [1.29, 1.82) is 0 Å². The average Bonchev–Trinajstić information content (AvgIpc) is 2.93. The first-order valence-electron chi connectivity index (χ1n) is 8.83. The number of benzene rings is 2. The van der Waals surface area contributed by atoms with Gasteiger partial charge in [-0.15, -0.1) is 0 Å². The van der Waals surface area contributed by atoms with Gasteiger partial charge in [0, 0.05) is 6.07 Å². The topological polar surface area (TPSA) is 67.9 Å². The number of aryl methyl sites for hydroxylation is 1. The molecule has 0 aromatic heterocycles. The minimum atomic E-state index is -0.466. The van der Waals surface area contributed by atoms with Crippen LogP contribution in [0.2, 0.25) is 5.02 Å². The van der Waals surface area contributed by atoms with E-state index in [-0.39, 0.29) is 12.2 Å². The Labute approximate surface area is 168 Å². The summed E-state index contributed by atoms with van der Waals surface area (Å²) in [6.07, 6.45) is 1.54. The zero-order valence-electron chi connectivity index (χ0n) is 15.9. The zero-order valence-corrected chi connectivity index (χ0v) is 16.7. The van der Waals surface area contributed by atoms with E-state index in [9.17, 15) is 9.59 Å². The Morgan fingerprint density at radius 3 is 2.50 bits per heavy atom. The molecule has 6 nitrogen and oxygen atoms in total. The van der Waals surface area contributed by atoms with Crippen molar-refractivity contribution in [2.24, 2.45) is 0 Å². The van der Waals surface area contributed by atoms with Crippen LogP contribution in [0.1, 0.15) is 23.6 Å². The molecule has 0 bridgehead atoms. The minimum absolute atomic E-state index is 0.159. The number of imide groups is 1. The van der Waals surface area contributed by atoms with Crippen LogP contribution in [-0.4, -0.2) is 30.6 Å². The molecule has 1 aliphatic heterocycles. The van der Waals surface area contributed by atoms with Crippen molar-refractivity contribution in [1.82, 2.24) is 10.2 Å². The molecular weight excluding hydrogens is 380 g/mol. The second-order valence-electron chi connectivity index (χ2n) is 6.32. The van der Waals surface area contributed by atoms with Crippen LogP contribution in [0.5, 0.6) is 11.5 Å². The average molecular weight is 401 g/mol. The molecule has 0 atom stereocenters. The van der Waals surface area contributed by atoms with Crippen LogP contribution in [-0.2, 0) is 11.3 Å². The Balaban J connectivity index is 1.87. The number of rotatable bonds is 6. The number of nitrogens with one attached hydrogen (secondary N) is 1. The lowest BCUT2D eigenvalue weighted by atomic mass is 10.1. The van der Waals surface area contributed by atoms with Crippen molar-refractivity contribution in [2.45, 2.75) is 20.4 Å². The smallest absolute Gasteiger partial charge is 0.329 e. The molecule has 0 aliphatic carbocycles. The highest BCUT2D eigenvalue weighted by molar-refractivity contribution is 6.32. The number of hydrogen-bond donors (Lipinski definition) is 1. The molecule has 3 amide bonds. The van der Waals surface area contributed by atoms with Crippen LogP contribution in [0.4, 0.5) is 4.79 Å². The first-order valence-corrected chi connectivity index (χ1v) is 9.21. The van der Waals surface area contributed by atoms with E-state index in [0.29, 0.717) is 28.7 Å². The molecule has 3 rings (SSSR count). The van der Waals surface area contributed by atoms with E-state index in [1.54, 1.807) is 18.2 Å². The highest BCUT2D eigenvalue weighted by Gasteiger charge is 2.33. The van der Waals surface area contributed by atoms with Crippen LogP contribution < -0.4 is 14.8 Å². The Bertz CT molecular complexity index is 938. The van der Waals surface area contributed by atoms with Gasteiger partial charge in [-0.1, -0.05) is 41.4 Å². The van der Waals surface area contributed by atoms with Crippen molar-refractivity contribution in [3.05, 3.63) is 63.8 Å². The number of urea groups is 1. The molecule has 1 fully saturated rings. The summed E-state index contributed by atoms with van der Waals surface area (Å²) in [4.78, 5) is 26.2. The first kappa shape index (κ1) is 19.8. The van der Waals surface area contributed by atoms with Crippen LogP contribution in [0.15, 0.2) is 42.1 Å². The number of methoxy groups -OCH3 is 1. The predicted octanol–water partition coefficient (Wildman–Crippen LogP) is 4.15. The maximum Gasteiger partial charge on any atom is 0.329 e. The quantitative estimate of drug-likeness (QED) is 0.584. The summed E-state index contributed by atoms with van der Waals surface area (Å²) in [5.41, 5.74) is 2.69. The number of carbonyl (C=O) groups excluding carboxylic acids is 2. The molecule has 1 saturated heterocycles. The van der Waals surface area contributed by atoms with E-state index in [1.165, 1.54) is 7.11 Å². The lowest BCUT2D eigenvalue weighted by molar-refractivity contribution is -0.123. The third kappa shape index (κ3) is 4.12. The molecule has 1 aliphatic rings. The Kier molecular flexibility index (Phi) is 5.90. The minimum Gasteiger partial charge on any atom is -0.493 e. The molecule has 0 spiro atoms. The maximum absolute atomic E-state index is 12.7. The van der Waals surface area contributed by atoms with Crippen molar-refractivity contribution < 1.29 is 19.1 Å². The molecular formula is C21H21ClN2O4. The van der Waals surface area contributed by atoms with Gasteiger partial charge in [0.05, 0.1) is 25.3 Å². The number of ether oxygens (including phenoxy) is 2. The van der Waals surface area contributed by atoms with E-state index in [1.807, 2.05) is 38.1 Å². The summed E-state index contributed by atoms with van der Waals surface area (Å²) in [6, 6.07) is 10.5. The van der Waals surface area contributed by atoms with Gasteiger partial charge < -0.3 is 14.8 Å². The number of carbonyl (C=O) groups is 2. The molecule has 2 aromatic carbocycles. The van der Waals surface area contributed by atoms with Gasteiger partial charge in [-0.25, -0.2) is 4.79 Å². The van der Waals surface area contributed by atoms with Gasteiger partial charge in [0.15, 0.2) is 11.5 Å². The summed E-state index contributed by atoms with van der Waals surface area (Å²) >= 11 is 6.31. The van der Waals surface area contributed by atoms with E-state index in [2.05, 4.69) is 5.32 Å². The first-order chi connectivity index (χ1) is 13.4. The second-order valence-corrected chi connectivity index (χ2v) is 6.73. The third-order valence-corrected chi connectivity index (χ3v) is 4.63. The number of amides is 3. The van der Waals surface area contributed by atoms with Gasteiger partial charge in [0.1, 0.15) is 5.70 Å². The van der Waals surface area contributed by atoms with Crippen molar-refractivity contribution in [3.63, 3.8) is 0 Å². The van der Waals surface area contributed by atoms with E-state index in [4.69, 9.17) is 21.1 Å². The van der Waals surface area contributed by atoms with Gasteiger partial charge >= 0.3 is 6.03 Å². The number of nitrogens with zero attached hydrogens (tertiary/aromatic N) is 1. The lowest BCUT2D eigenvalue weighted by Gasteiger charge is -2.12. The SMILES string of the molecule is CCOc1cc(/C=C2/NC(=O)N(Cc3ccc(C)cc3)C2=O)c(Cl)cc1OC. The normalized spacial score (nSPS) is 15.1. The lowest BCUT2D eigenvalue weighted by Crippen LogP contribution is -2.30. The van der Waals surface area contributed by atoms with E-state index < -0.39 is 11.9 Å². The Morgan fingerprint density at radius 2 is 1.86 bits per heavy atom. The summed E-state index contributed by atoms with van der Waals surface area (Å²) in [5.74, 6) is 0.599. The highest BCUT2D eigenvalue weighted by Crippen LogP contribution is 2.34. The molecule has 0 radical (unpaired) electrons. The maximum atomic E-state index is 12.7. The molecule has 1 heterocycles. The van der Waals surface area contributed by atoms with Gasteiger partial charge in [0.25, 0.3) is 5.91 Å². The third-order valence-electron chi connectivity index (χ3n) is 4.31. The molecule has 146 valence electrons. The molecule has 2 aromatic rings. The summed E-state index contributed by atoms with van der Waals surface area (Å²) in [6.45, 7) is 4.49. The van der Waals surface area contributed by atoms with Crippen molar-refractivity contribution in [2.75, 3.05) is 13.7 Å². The van der Waals surface area contributed by atoms with Crippen LogP contribution in [0.25, 0.3) is 6.08 Å². The number of hydrogen-bond acceptors (Lipinski definition) is 4. The van der Waals surface area contributed by atoms with Crippen molar-refractivity contribution in [3.8, 4) is 11.5 Å². The fraction of sp³-hybridized carbons (Fsp3) is 0.238. The second kappa shape index (κ2) is 8.35. The van der Waals surface area contributed by atoms with Crippen LogP contribution >= 0.6 is 11.6 Å². The summed E-state index contributed by atoms with van der Waals surface area (Å²) in [5, 5.41) is 2.99. The summed E-state index contributed by atoms with van der Waals surface area (Å²) < 4.78 is 10.8. The van der Waals surface area contributed by atoms with Gasteiger partial charge in [0.2, 0.25) is 0 Å². The van der Waals surface area contributed by atoms with E-state index in [0.717, 1.165) is 16.0 Å². The van der Waals surface area contributed by atoms with Crippen molar-refractivity contribution >= 4 is 29.6 Å². The Morgan fingerprint density at radius 1 is 1.14 bits per heavy atom. The summed E-state index contributed by atoms with van der Waals surface area (Å²) in [7, 11) is 1.52. The van der Waals surface area contributed by atoms with E-state index >= 15 is 0 Å². The fourth-order valence-electron chi connectivity index (χ4n) is 2.84. The Hall–Kier alpha value is -2.99. The predicted molar refractivity (Wildman–Crippen MR) is 107 cm³/mol. The monoisotopic (exact) mass is 400 g/mol. The molecule has 0 unspecified atom stereocenters. The molecule has 28 heavy (non-hydrogen) atoms. The fourth-order valence-corrected chi connectivity index (χ4v) is 3.04. The largest absolute Gasteiger partial charge is 0.493 e. The van der Waals surface area contributed by atoms with Crippen LogP contribution in [0.3, 0.4) is 0 Å².